The maximum absolute atomic E-state index is 13.0. The maximum Gasteiger partial charge on any atom is 0.354 e. The Labute approximate surface area is 124 Å². The molecule has 0 spiro atoms. The molecule has 0 unspecified atom stereocenters. The second-order valence-electron chi connectivity index (χ2n) is 3.92. The highest BCUT2D eigenvalue weighted by molar-refractivity contribution is 7.92. The number of halogens is 2. The van der Waals surface area contributed by atoms with Crippen LogP contribution in [0.1, 0.15) is 10.5 Å². The van der Waals surface area contributed by atoms with Gasteiger partial charge in [-0.05, 0) is 30.3 Å². The second kappa shape index (κ2) is 5.66. The van der Waals surface area contributed by atoms with Crippen LogP contribution in [0, 0.1) is 5.82 Å². The molecule has 2 N–H and O–H groups in total. The molecule has 0 aliphatic heterocycles. The Kier molecular flexibility index (Phi) is 4.10. The van der Waals surface area contributed by atoms with Crippen molar-refractivity contribution < 1.29 is 22.7 Å². The van der Waals surface area contributed by atoms with Crippen LogP contribution in [0.4, 0.5) is 10.1 Å². The minimum atomic E-state index is -3.97. The van der Waals surface area contributed by atoms with Gasteiger partial charge in [0.2, 0.25) is 0 Å². The Balaban J connectivity index is 2.28. The van der Waals surface area contributed by atoms with Crippen LogP contribution in [0.15, 0.2) is 41.4 Å². The fourth-order valence-corrected chi connectivity index (χ4v) is 2.75. The Bertz CT molecular complexity index is 793. The third-order valence-electron chi connectivity index (χ3n) is 2.44. The first-order valence-corrected chi connectivity index (χ1v) is 7.33. The molecule has 0 aliphatic carbocycles. The van der Waals surface area contributed by atoms with E-state index in [0.29, 0.717) is 0 Å². The summed E-state index contributed by atoms with van der Waals surface area (Å²) in [4.78, 5) is 14.0. The fourth-order valence-electron chi connectivity index (χ4n) is 1.44. The van der Waals surface area contributed by atoms with E-state index in [-0.39, 0.29) is 21.3 Å². The van der Waals surface area contributed by atoms with Gasteiger partial charge in [-0.25, -0.2) is 22.6 Å². The van der Waals surface area contributed by atoms with Crippen molar-refractivity contribution in [1.82, 2.24) is 4.98 Å². The third kappa shape index (κ3) is 3.47. The van der Waals surface area contributed by atoms with Crippen molar-refractivity contribution >= 4 is 33.3 Å². The van der Waals surface area contributed by atoms with E-state index in [1.807, 2.05) is 0 Å². The van der Waals surface area contributed by atoms with Crippen LogP contribution in [0.25, 0.3) is 0 Å². The summed E-state index contributed by atoms with van der Waals surface area (Å²) in [5, 5.41) is 8.37. The zero-order valence-corrected chi connectivity index (χ0v) is 11.8. The molecule has 0 saturated carbocycles. The molecule has 21 heavy (non-hydrogen) atoms. The number of nitrogens with zero attached hydrogens (tertiary/aromatic N) is 1. The summed E-state index contributed by atoms with van der Waals surface area (Å²) >= 11 is 5.53. The molecule has 110 valence electrons. The number of hydrogen-bond acceptors (Lipinski definition) is 4. The minimum Gasteiger partial charge on any atom is -0.477 e. The number of anilines is 1. The molecule has 2 rings (SSSR count). The van der Waals surface area contributed by atoms with E-state index in [0.717, 1.165) is 30.5 Å². The number of sulfonamides is 1. The SMILES string of the molecule is O=C(O)c1ccc(NS(=O)(=O)c2ccc(F)c(Cl)c2)cn1. The van der Waals surface area contributed by atoms with Crippen LogP contribution in [0.2, 0.25) is 5.02 Å². The van der Waals surface area contributed by atoms with Gasteiger partial charge < -0.3 is 5.11 Å². The van der Waals surface area contributed by atoms with Gasteiger partial charge in [0.1, 0.15) is 11.5 Å². The predicted octanol–water partition coefficient (Wildman–Crippen LogP) is 2.37. The first-order chi connectivity index (χ1) is 9.79. The molecule has 1 heterocycles. The molecule has 0 radical (unpaired) electrons. The zero-order valence-electron chi connectivity index (χ0n) is 10.2. The quantitative estimate of drug-likeness (QED) is 0.897. The Morgan fingerprint density at radius 2 is 2.00 bits per heavy atom. The van der Waals surface area contributed by atoms with Crippen LogP contribution in [-0.4, -0.2) is 24.5 Å². The lowest BCUT2D eigenvalue weighted by Gasteiger charge is -2.08. The predicted molar refractivity (Wildman–Crippen MR) is 73.4 cm³/mol. The number of benzene rings is 1. The lowest BCUT2D eigenvalue weighted by atomic mass is 10.3. The van der Waals surface area contributed by atoms with E-state index in [4.69, 9.17) is 16.7 Å². The smallest absolute Gasteiger partial charge is 0.354 e. The third-order valence-corrected chi connectivity index (χ3v) is 4.10. The molecule has 0 saturated heterocycles. The van der Waals surface area contributed by atoms with Crippen LogP contribution in [-0.2, 0) is 10.0 Å². The van der Waals surface area contributed by atoms with Gasteiger partial charge in [0.05, 0.1) is 21.8 Å². The van der Waals surface area contributed by atoms with E-state index in [1.165, 1.54) is 6.07 Å². The topological polar surface area (TPSA) is 96.4 Å². The molecule has 0 bridgehead atoms. The number of pyridine rings is 1. The van der Waals surface area contributed by atoms with Gasteiger partial charge in [-0.15, -0.1) is 0 Å². The first kappa shape index (κ1) is 15.2. The number of carboxylic acids is 1. The van der Waals surface area contributed by atoms with Gasteiger partial charge in [0.15, 0.2) is 0 Å². The molecular formula is C12H8ClFN2O4S. The van der Waals surface area contributed by atoms with Crippen molar-refractivity contribution in [1.29, 1.82) is 0 Å². The van der Waals surface area contributed by atoms with Crippen molar-refractivity contribution in [3.63, 3.8) is 0 Å². The normalized spacial score (nSPS) is 11.1. The molecule has 1 aromatic heterocycles. The summed E-state index contributed by atoms with van der Waals surface area (Å²) in [6.07, 6.45) is 1.06. The molecule has 1 aromatic carbocycles. The summed E-state index contributed by atoms with van der Waals surface area (Å²) in [5.74, 6) is -1.96. The Morgan fingerprint density at radius 3 is 2.52 bits per heavy atom. The van der Waals surface area contributed by atoms with E-state index in [1.54, 1.807) is 0 Å². The van der Waals surface area contributed by atoms with Crippen LogP contribution in [0.5, 0.6) is 0 Å². The molecule has 0 atom stereocenters. The van der Waals surface area contributed by atoms with Crippen molar-refractivity contribution in [2.45, 2.75) is 4.90 Å². The van der Waals surface area contributed by atoms with E-state index < -0.39 is 21.8 Å². The number of carbonyl (C=O) groups is 1. The van der Waals surface area contributed by atoms with Crippen LogP contribution in [0.3, 0.4) is 0 Å². The summed E-state index contributed by atoms with van der Waals surface area (Å²) in [7, 11) is -3.97. The summed E-state index contributed by atoms with van der Waals surface area (Å²) in [6.45, 7) is 0. The van der Waals surface area contributed by atoms with Crippen LogP contribution >= 0.6 is 11.6 Å². The fraction of sp³-hybridized carbons (Fsp3) is 0. The average Bonchev–Trinajstić information content (AvgIpc) is 2.42. The standard InChI is InChI=1S/C12H8ClFN2O4S/c13-9-5-8(2-3-10(9)14)21(19,20)16-7-1-4-11(12(17)18)15-6-7/h1-6,16H,(H,17,18). The largest absolute Gasteiger partial charge is 0.477 e. The van der Waals surface area contributed by atoms with Crippen molar-refractivity contribution in [2.75, 3.05) is 4.72 Å². The zero-order chi connectivity index (χ0) is 15.6. The minimum absolute atomic E-state index is 0.0699. The number of carboxylic acid groups (broad SMARTS) is 1. The van der Waals surface area contributed by atoms with E-state index in [2.05, 4.69) is 9.71 Å². The second-order valence-corrected chi connectivity index (χ2v) is 6.01. The molecule has 0 aliphatic rings. The van der Waals surface area contributed by atoms with Gasteiger partial charge in [-0.3, -0.25) is 4.72 Å². The summed E-state index contributed by atoms with van der Waals surface area (Å²) in [6, 6.07) is 5.36. The van der Waals surface area contributed by atoms with Gasteiger partial charge in [-0.1, -0.05) is 11.6 Å². The summed E-state index contributed by atoms with van der Waals surface area (Å²) in [5.41, 5.74) is -0.150. The number of aromatic nitrogens is 1. The van der Waals surface area contributed by atoms with Crippen molar-refractivity contribution in [2.24, 2.45) is 0 Å². The molecule has 2 aromatic rings. The Hall–Kier alpha value is -2.19. The highest BCUT2D eigenvalue weighted by atomic mass is 35.5. The molecule has 0 fully saturated rings. The lowest BCUT2D eigenvalue weighted by Crippen LogP contribution is -2.13. The number of aromatic carboxylic acids is 1. The van der Waals surface area contributed by atoms with Gasteiger partial charge in [0, 0.05) is 0 Å². The first-order valence-electron chi connectivity index (χ1n) is 5.47. The number of hydrogen-bond donors (Lipinski definition) is 2. The van der Waals surface area contributed by atoms with Gasteiger partial charge >= 0.3 is 5.97 Å². The van der Waals surface area contributed by atoms with Gasteiger partial charge in [0.25, 0.3) is 10.0 Å². The van der Waals surface area contributed by atoms with Gasteiger partial charge in [-0.2, -0.15) is 0 Å². The summed E-state index contributed by atoms with van der Waals surface area (Å²) < 4.78 is 39.3. The molecular weight excluding hydrogens is 323 g/mol. The van der Waals surface area contributed by atoms with Crippen molar-refractivity contribution in [3.05, 3.63) is 53.1 Å². The average molecular weight is 331 g/mol. The van der Waals surface area contributed by atoms with E-state index in [9.17, 15) is 17.6 Å². The monoisotopic (exact) mass is 330 g/mol. The molecule has 9 heteroatoms. The lowest BCUT2D eigenvalue weighted by molar-refractivity contribution is 0.0690. The highest BCUT2D eigenvalue weighted by Gasteiger charge is 2.16. The maximum atomic E-state index is 13.0. The highest BCUT2D eigenvalue weighted by Crippen LogP contribution is 2.21. The van der Waals surface area contributed by atoms with Crippen LogP contribution < -0.4 is 4.72 Å². The molecule has 6 nitrogen and oxygen atoms in total. The van der Waals surface area contributed by atoms with Crippen molar-refractivity contribution in [3.8, 4) is 0 Å². The Morgan fingerprint density at radius 1 is 1.29 bits per heavy atom. The number of rotatable bonds is 4. The van der Waals surface area contributed by atoms with E-state index >= 15 is 0 Å². The number of nitrogens with one attached hydrogen (secondary N) is 1. The molecule has 0 amide bonds.